The fourth-order valence-corrected chi connectivity index (χ4v) is 2.40. The monoisotopic (exact) mass is 168 g/mol. The molecule has 0 aromatic rings. The van der Waals surface area contributed by atoms with Gasteiger partial charge >= 0.3 is 0 Å². The summed E-state index contributed by atoms with van der Waals surface area (Å²) in [6, 6.07) is 2.06. The number of nitrogens with two attached hydrogens (primary N) is 1. The Morgan fingerprint density at radius 2 is 1.58 bits per heavy atom. The van der Waals surface area contributed by atoms with Gasteiger partial charge in [0.1, 0.15) is 0 Å². The Bertz CT molecular complexity index is 135. The first kappa shape index (κ1) is 8.52. The molecule has 2 aliphatic carbocycles. The molecule has 70 valence electrons. The van der Waals surface area contributed by atoms with Crippen LogP contribution in [0.25, 0.3) is 0 Å². The smallest absolute Gasteiger partial charge is 0.00991 e. The van der Waals surface area contributed by atoms with E-state index in [4.69, 9.17) is 5.73 Å². The maximum Gasteiger partial charge on any atom is 0.00991 e. The molecule has 0 aromatic carbocycles. The molecule has 0 spiro atoms. The molecule has 0 unspecified atom stereocenters. The molecular weight excluding hydrogens is 148 g/mol. The summed E-state index contributed by atoms with van der Waals surface area (Å²) in [4.78, 5) is 0. The molecule has 2 rings (SSSR count). The fourth-order valence-electron chi connectivity index (χ4n) is 2.40. The second-order valence-corrected chi connectivity index (χ2v) is 4.43. The molecule has 2 aliphatic rings. The Labute approximate surface area is 74.9 Å². The molecule has 2 heteroatoms. The average molecular weight is 168 g/mol. The Balaban J connectivity index is 1.65. The second kappa shape index (κ2) is 3.75. The van der Waals surface area contributed by atoms with Gasteiger partial charge in [-0.05, 0) is 25.7 Å². The maximum atomic E-state index is 5.73. The van der Waals surface area contributed by atoms with Crippen LogP contribution in [-0.2, 0) is 0 Å². The summed E-state index contributed by atoms with van der Waals surface area (Å²) >= 11 is 0. The van der Waals surface area contributed by atoms with Crippen LogP contribution in [0.5, 0.6) is 0 Å². The zero-order valence-electron chi connectivity index (χ0n) is 7.76. The summed E-state index contributed by atoms with van der Waals surface area (Å²) in [6.45, 7) is 0. The van der Waals surface area contributed by atoms with Crippen LogP contribution in [-0.4, -0.2) is 18.1 Å². The van der Waals surface area contributed by atoms with Gasteiger partial charge in [0.05, 0.1) is 0 Å². The topological polar surface area (TPSA) is 38.0 Å². The predicted octanol–water partition coefficient (Wildman–Crippen LogP) is 1.40. The van der Waals surface area contributed by atoms with Crippen LogP contribution in [0, 0.1) is 0 Å². The third kappa shape index (κ3) is 1.99. The highest BCUT2D eigenvalue weighted by Gasteiger charge is 2.27. The van der Waals surface area contributed by atoms with Crippen molar-refractivity contribution in [3.05, 3.63) is 0 Å². The summed E-state index contributed by atoms with van der Waals surface area (Å²) in [5, 5.41) is 3.71. The van der Waals surface area contributed by atoms with Gasteiger partial charge in [0.25, 0.3) is 0 Å². The fraction of sp³-hybridized carbons (Fsp3) is 1.00. The van der Waals surface area contributed by atoms with E-state index in [-0.39, 0.29) is 0 Å². The van der Waals surface area contributed by atoms with Gasteiger partial charge in [-0.25, -0.2) is 0 Å². The van der Waals surface area contributed by atoms with E-state index in [1.807, 2.05) is 0 Å². The number of nitrogens with one attached hydrogen (secondary N) is 1. The first-order chi connectivity index (χ1) is 5.84. The molecule has 2 nitrogen and oxygen atoms in total. The molecule has 0 atom stereocenters. The summed E-state index contributed by atoms with van der Waals surface area (Å²) in [6.07, 6.45) is 9.50. The van der Waals surface area contributed by atoms with E-state index in [1.54, 1.807) is 0 Å². The van der Waals surface area contributed by atoms with E-state index in [2.05, 4.69) is 5.32 Å². The van der Waals surface area contributed by atoms with Crippen molar-refractivity contribution in [3.63, 3.8) is 0 Å². The van der Waals surface area contributed by atoms with Gasteiger partial charge in [0.2, 0.25) is 0 Å². The van der Waals surface area contributed by atoms with Crippen molar-refractivity contribution in [3.8, 4) is 0 Å². The SMILES string of the molecule is NC1CC(NC2CCCCC2)C1. The van der Waals surface area contributed by atoms with Crippen LogP contribution in [0.15, 0.2) is 0 Å². The van der Waals surface area contributed by atoms with Gasteiger partial charge < -0.3 is 11.1 Å². The Hall–Kier alpha value is -0.0800. The van der Waals surface area contributed by atoms with Crippen LogP contribution in [0.2, 0.25) is 0 Å². The number of hydrogen-bond donors (Lipinski definition) is 2. The van der Waals surface area contributed by atoms with Crippen molar-refractivity contribution in [2.45, 2.75) is 63.1 Å². The molecule has 0 saturated heterocycles. The lowest BCUT2D eigenvalue weighted by Crippen LogP contribution is -2.52. The molecule has 0 amide bonds. The zero-order valence-corrected chi connectivity index (χ0v) is 7.76. The standard InChI is InChI=1S/C10H20N2/c11-8-6-10(7-8)12-9-4-2-1-3-5-9/h8-10,12H,1-7,11H2. The van der Waals surface area contributed by atoms with Gasteiger partial charge in [-0.1, -0.05) is 19.3 Å². The highest BCUT2D eigenvalue weighted by atomic mass is 15.0. The van der Waals surface area contributed by atoms with Crippen molar-refractivity contribution in [2.75, 3.05) is 0 Å². The lowest BCUT2D eigenvalue weighted by Gasteiger charge is -2.37. The van der Waals surface area contributed by atoms with E-state index in [0.29, 0.717) is 6.04 Å². The van der Waals surface area contributed by atoms with E-state index in [1.165, 1.54) is 44.9 Å². The van der Waals surface area contributed by atoms with Crippen molar-refractivity contribution >= 4 is 0 Å². The van der Waals surface area contributed by atoms with E-state index in [0.717, 1.165) is 12.1 Å². The third-order valence-electron chi connectivity index (χ3n) is 3.25. The van der Waals surface area contributed by atoms with Crippen LogP contribution in [0.1, 0.15) is 44.9 Å². The zero-order chi connectivity index (χ0) is 8.39. The second-order valence-electron chi connectivity index (χ2n) is 4.43. The largest absolute Gasteiger partial charge is 0.328 e. The molecule has 0 aromatic heterocycles. The van der Waals surface area contributed by atoms with Crippen molar-refractivity contribution in [1.82, 2.24) is 5.32 Å². The Kier molecular flexibility index (Phi) is 2.66. The van der Waals surface area contributed by atoms with Gasteiger partial charge in [-0.3, -0.25) is 0 Å². The molecule has 2 saturated carbocycles. The summed E-state index contributed by atoms with van der Waals surface area (Å²) in [5.41, 5.74) is 5.73. The summed E-state index contributed by atoms with van der Waals surface area (Å²) in [5.74, 6) is 0. The lowest BCUT2D eigenvalue weighted by atomic mass is 9.85. The minimum Gasteiger partial charge on any atom is -0.328 e. The van der Waals surface area contributed by atoms with Crippen LogP contribution in [0.3, 0.4) is 0 Å². The number of rotatable bonds is 2. The lowest BCUT2D eigenvalue weighted by molar-refractivity contribution is 0.240. The van der Waals surface area contributed by atoms with Crippen LogP contribution >= 0.6 is 0 Å². The molecule has 0 aliphatic heterocycles. The first-order valence-electron chi connectivity index (χ1n) is 5.36. The predicted molar refractivity (Wildman–Crippen MR) is 51.0 cm³/mol. The average Bonchev–Trinajstić information content (AvgIpc) is 2.04. The van der Waals surface area contributed by atoms with Crippen molar-refractivity contribution in [2.24, 2.45) is 5.73 Å². The van der Waals surface area contributed by atoms with E-state index >= 15 is 0 Å². The van der Waals surface area contributed by atoms with Crippen LogP contribution < -0.4 is 11.1 Å². The van der Waals surface area contributed by atoms with Gasteiger partial charge in [0, 0.05) is 18.1 Å². The number of hydrogen-bond acceptors (Lipinski definition) is 2. The molecular formula is C10H20N2. The minimum absolute atomic E-state index is 0.492. The Morgan fingerprint density at radius 1 is 0.917 bits per heavy atom. The van der Waals surface area contributed by atoms with Crippen molar-refractivity contribution in [1.29, 1.82) is 0 Å². The molecule has 12 heavy (non-hydrogen) atoms. The first-order valence-corrected chi connectivity index (χ1v) is 5.36. The van der Waals surface area contributed by atoms with Crippen molar-refractivity contribution < 1.29 is 0 Å². The summed E-state index contributed by atoms with van der Waals surface area (Å²) < 4.78 is 0. The quantitative estimate of drug-likeness (QED) is 0.654. The maximum absolute atomic E-state index is 5.73. The highest BCUT2D eigenvalue weighted by molar-refractivity contribution is 4.90. The molecule has 0 radical (unpaired) electrons. The van der Waals surface area contributed by atoms with Gasteiger partial charge in [0.15, 0.2) is 0 Å². The van der Waals surface area contributed by atoms with Gasteiger partial charge in [-0.15, -0.1) is 0 Å². The van der Waals surface area contributed by atoms with Crippen LogP contribution in [0.4, 0.5) is 0 Å². The van der Waals surface area contributed by atoms with Gasteiger partial charge in [-0.2, -0.15) is 0 Å². The van der Waals surface area contributed by atoms with E-state index < -0.39 is 0 Å². The minimum atomic E-state index is 0.492. The molecule has 0 bridgehead atoms. The Morgan fingerprint density at radius 3 is 2.17 bits per heavy atom. The molecule has 0 heterocycles. The van der Waals surface area contributed by atoms with E-state index in [9.17, 15) is 0 Å². The normalized spacial score (nSPS) is 37.8. The third-order valence-corrected chi connectivity index (χ3v) is 3.25. The molecule has 3 N–H and O–H groups in total. The summed E-state index contributed by atoms with van der Waals surface area (Å²) in [7, 11) is 0. The highest BCUT2D eigenvalue weighted by Crippen LogP contribution is 2.23. The molecule has 2 fully saturated rings.